The van der Waals surface area contributed by atoms with Crippen LogP contribution in [0.5, 0.6) is 0 Å². The summed E-state index contributed by atoms with van der Waals surface area (Å²) >= 11 is 0. The molecule has 2 aliphatic rings. The van der Waals surface area contributed by atoms with Gasteiger partial charge in [-0.2, -0.15) is 0 Å². The van der Waals surface area contributed by atoms with Crippen molar-refractivity contribution in [3.8, 4) is 0 Å². The van der Waals surface area contributed by atoms with Crippen molar-refractivity contribution in [3.63, 3.8) is 0 Å². The van der Waals surface area contributed by atoms with Gasteiger partial charge in [-0.05, 0) is 19.3 Å². The number of rotatable bonds is 4. The highest BCUT2D eigenvalue weighted by Gasteiger charge is 2.34. The molecule has 18 heavy (non-hydrogen) atoms. The Morgan fingerprint density at radius 3 is 2.83 bits per heavy atom. The summed E-state index contributed by atoms with van der Waals surface area (Å²) in [5.74, 6) is 1.84. The molecular formula is C13H20N4O. The van der Waals surface area contributed by atoms with Crippen molar-refractivity contribution in [1.82, 2.24) is 9.97 Å². The number of hydrogen-bond donors (Lipinski definition) is 1. The van der Waals surface area contributed by atoms with Crippen molar-refractivity contribution in [2.24, 2.45) is 0 Å². The van der Waals surface area contributed by atoms with E-state index in [4.69, 9.17) is 4.74 Å². The molecule has 0 radical (unpaired) electrons. The molecule has 3 rings (SSSR count). The van der Waals surface area contributed by atoms with E-state index >= 15 is 0 Å². The quantitative estimate of drug-likeness (QED) is 0.878. The van der Waals surface area contributed by atoms with Crippen LogP contribution in [0.2, 0.25) is 0 Å². The second-order valence-corrected chi connectivity index (χ2v) is 5.05. The molecule has 2 unspecified atom stereocenters. The summed E-state index contributed by atoms with van der Waals surface area (Å²) in [6, 6.07) is 0. The summed E-state index contributed by atoms with van der Waals surface area (Å²) in [6.07, 6.45) is 7.87. The van der Waals surface area contributed by atoms with Crippen molar-refractivity contribution in [2.75, 3.05) is 29.9 Å². The normalized spacial score (nSPS) is 26.4. The molecule has 5 heteroatoms. The fourth-order valence-corrected chi connectivity index (χ4v) is 2.65. The maximum Gasteiger partial charge on any atom is 0.149 e. The Labute approximate surface area is 108 Å². The van der Waals surface area contributed by atoms with E-state index in [9.17, 15) is 0 Å². The first-order chi connectivity index (χ1) is 8.85. The van der Waals surface area contributed by atoms with E-state index < -0.39 is 0 Å². The van der Waals surface area contributed by atoms with Crippen molar-refractivity contribution in [1.29, 1.82) is 0 Å². The zero-order valence-electron chi connectivity index (χ0n) is 10.8. The maximum absolute atomic E-state index is 5.84. The molecule has 0 spiro atoms. The van der Waals surface area contributed by atoms with Crippen LogP contribution in [0.25, 0.3) is 0 Å². The second-order valence-electron chi connectivity index (χ2n) is 5.05. The number of anilines is 2. The lowest BCUT2D eigenvalue weighted by atomic mass is 10.2. The van der Waals surface area contributed by atoms with Crippen LogP contribution in [-0.2, 0) is 4.74 Å². The molecule has 2 fully saturated rings. The highest BCUT2D eigenvalue weighted by Crippen LogP contribution is 2.28. The molecule has 98 valence electrons. The smallest absolute Gasteiger partial charge is 0.149 e. The number of fused-ring (bicyclic) bond motifs is 2. The molecule has 5 nitrogen and oxygen atoms in total. The first-order valence-electron chi connectivity index (χ1n) is 6.81. The van der Waals surface area contributed by atoms with E-state index in [0.29, 0.717) is 12.2 Å². The maximum atomic E-state index is 5.84. The summed E-state index contributed by atoms with van der Waals surface area (Å²) < 4.78 is 5.84. The predicted molar refractivity (Wildman–Crippen MR) is 70.9 cm³/mol. The van der Waals surface area contributed by atoms with E-state index in [1.165, 1.54) is 12.8 Å². The number of nitrogens with zero attached hydrogens (tertiary/aromatic N) is 3. The summed E-state index contributed by atoms with van der Waals surface area (Å²) in [4.78, 5) is 11.2. The molecule has 0 aromatic carbocycles. The number of aromatic nitrogens is 2. The summed E-state index contributed by atoms with van der Waals surface area (Å²) in [5, 5.41) is 3.28. The zero-order valence-corrected chi connectivity index (χ0v) is 10.8. The first kappa shape index (κ1) is 11.7. The molecule has 3 heterocycles. The Morgan fingerprint density at radius 1 is 1.33 bits per heavy atom. The van der Waals surface area contributed by atoms with E-state index in [2.05, 4.69) is 27.1 Å². The lowest BCUT2D eigenvalue weighted by Gasteiger charge is -2.32. The fourth-order valence-electron chi connectivity index (χ4n) is 2.65. The number of hydrogen-bond acceptors (Lipinski definition) is 5. The van der Waals surface area contributed by atoms with Crippen LogP contribution < -0.4 is 10.2 Å². The van der Waals surface area contributed by atoms with Crippen LogP contribution in [0.15, 0.2) is 12.4 Å². The Balaban J connectivity index is 1.71. The lowest BCUT2D eigenvalue weighted by molar-refractivity contribution is 0.0302. The lowest BCUT2D eigenvalue weighted by Crippen LogP contribution is -2.43. The van der Waals surface area contributed by atoms with Gasteiger partial charge >= 0.3 is 0 Å². The topological polar surface area (TPSA) is 50.3 Å². The molecule has 2 saturated heterocycles. The van der Waals surface area contributed by atoms with Crippen LogP contribution >= 0.6 is 0 Å². The van der Waals surface area contributed by atoms with Crippen molar-refractivity contribution in [2.45, 2.75) is 38.4 Å². The van der Waals surface area contributed by atoms with Gasteiger partial charge in [-0.25, -0.2) is 4.98 Å². The van der Waals surface area contributed by atoms with Gasteiger partial charge in [0.1, 0.15) is 11.6 Å². The SMILES string of the molecule is CCCNc1cncc(N2CC3CCC(C2)O3)n1. The van der Waals surface area contributed by atoms with Gasteiger partial charge in [0, 0.05) is 19.6 Å². The van der Waals surface area contributed by atoms with Gasteiger partial charge in [0.15, 0.2) is 0 Å². The Morgan fingerprint density at radius 2 is 2.11 bits per heavy atom. The number of ether oxygens (including phenoxy) is 1. The predicted octanol–water partition coefficient (Wildman–Crippen LogP) is 1.67. The Kier molecular flexibility index (Phi) is 3.32. The molecular weight excluding hydrogens is 228 g/mol. The molecule has 0 amide bonds. The van der Waals surface area contributed by atoms with Crippen molar-refractivity contribution in [3.05, 3.63) is 12.4 Å². The van der Waals surface area contributed by atoms with Gasteiger partial charge in [0.05, 0.1) is 24.6 Å². The van der Waals surface area contributed by atoms with Crippen LogP contribution in [-0.4, -0.2) is 41.8 Å². The molecule has 1 aromatic rings. The largest absolute Gasteiger partial charge is 0.371 e. The average Bonchev–Trinajstić information content (AvgIpc) is 2.75. The standard InChI is InChI=1S/C13H20N4O/c1-2-5-15-12-6-14-7-13(16-12)17-8-10-3-4-11(9-17)18-10/h6-7,10-11H,2-5,8-9H2,1H3,(H,15,16). The van der Waals surface area contributed by atoms with Gasteiger partial charge in [-0.3, -0.25) is 4.98 Å². The Hall–Kier alpha value is -1.36. The molecule has 1 aromatic heterocycles. The van der Waals surface area contributed by atoms with Gasteiger partial charge < -0.3 is 15.0 Å². The molecule has 2 bridgehead atoms. The first-order valence-corrected chi connectivity index (χ1v) is 6.81. The van der Waals surface area contributed by atoms with Gasteiger partial charge in [0.25, 0.3) is 0 Å². The van der Waals surface area contributed by atoms with E-state index in [1.807, 2.05) is 6.20 Å². The van der Waals surface area contributed by atoms with Crippen molar-refractivity contribution >= 4 is 11.6 Å². The third-order valence-electron chi connectivity index (χ3n) is 3.55. The molecule has 2 aliphatic heterocycles. The third-order valence-corrected chi connectivity index (χ3v) is 3.55. The molecule has 1 N–H and O–H groups in total. The van der Waals surface area contributed by atoms with E-state index in [-0.39, 0.29) is 0 Å². The fraction of sp³-hybridized carbons (Fsp3) is 0.692. The van der Waals surface area contributed by atoms with Crippen LogP contribution in [0.4, 0.5) is 11.6 Å². The molecule has 0 saturated carbocycles. The minimum absolute atomic E-state index is 0.387. The van der Waals surface area contributed by atoms with Gasteiger partial charge in [0.2, 0.25) is 0 Å². The summed E-state index contributed by atoms with van der Waals surface area (Å²) in [5.41, 5.74) is 0. The summed E-state index contributed by atoms with van der Waals surface area (Å²) in [6.45, 7) is 4.97. The monoisotopic (exact) mass is 248 g/mol. The van der Waals surface area contributed by atoms with Crippen LogP contribution in [0, 0.1) is 0 Å². The third kappa shape index (κ3) is 2.41. The minimum Gasteiger partial charge on any atom is -0.371 e. The zero-order chi connectivity index (χ0) is 12.4. The van der Waals surface area contributed by atoms with Crippen molar-refractivity contribution < 1.29 is 4.74 Å². The highest BCUT2D eigenvalue weighted by molar-refractivity contribution is 5.44. The van der Waals surface area contributed by atoms with Crippen LogP contribution in [0.3, 0.4) is 0 Å². The van der Waals surface area contributed by atoms with Gasteiger partial charge in [-0.15, -0.1) is 0 Å². The van der Waals surface area contributed by atoms with E-state index in [1.54, 1.807) is 6.20 Å². The van der Waals surface area contributed by atoms with Crippen LogP contribution in [0.1, 0.15) is 26.2 Å². The number of nitrogens with one attached hydrogen (secondary N) is 1. The second kappa shape index (κ2) is 5.10. The molecule has 2 atom stereocenters. The van der Waals surface area contributed by atoms with E-state index in [0.717, 1.165) is 37.7 Å². The number of morpholine rings is 1. The highest BCUT2D eigenvalue weighted by atomic mass is 16.5. The Bertz CT molecular complexity index is 400. The average molecular weight is 248 g/mol. The molecule has 0 aliphatic carbocycles. The van der Waals surface area contributed by atoms with Gasteiger partial charge in [-0.1, -0.05) is 6.92 Å². The summed E-state index contributed by atoms with van der Waals surface area (Å²) in [7, 11) is 0. The minimum atomic E-state index is 0.387.